The van der Waals surface area contributed by atoms with Crippen LogP contribution in [0.2, 0.25) is 0 Å². The molecule has 0 radical (unpaired) electrons. The fourth-order valence-electron chi connectivity index (χ4n) is 3.55. The highest BCUT2D eigenvalue weighted by Crippen LogP contribution is 2.37. The second kappa shape index (κ2) is 5.75. The Labute approximate surface area is 136 Å². The van der Waals surface area contributed by atoms with Crippen LogP contribution in [-0.4, -0.2) is 0 Å². The highest BCUT2D eigenvalue weighted by atomic mass is 35.5. The van der Waals surface area contributed by atoms with Crippen LogP contribution in [0, 0.1) is 0 Å². The van der Waals surface area contributed by atoms with Gasteiger partial charge in [0.2, 0.25) is 0 Å². The lowest BCUT2D eigenvalue weighted by molar-refractivity contribution is 0.643. The van der Waals surface area contributed by atoms with Gasteiger partial charge in [-0.1, -0.05) is 67.9 Å². The van der Waals surface area contributed by atoms with E-state index in [4.69, 9.17) is 5.73 Å². The molecule has 4 aromatic carbocycles. The largest absolute Gasteiger partial charge is 0.324 e. The molecule has 112 valence electrons. The second-order valence-electron chi connectivity index (χ2n) is 5.91. The van der Waals surface area contributed by atoms with Crippen LogP contribution in [0.25, 0.3) is 32.3 Å². The summed E-state index contributed by atoms with van der Waals surface area (Å²) in [5.74, 6) is 0. The molecule has 22 heavy (non-hydrogen) atoms. The zero-order valence-electron chi connectivity index (χ0n) is 12.7. The van der Waals surface area contributed by atoms with Gasteiger partial charge < -0.3 is 5.73 Å². The topological polar surface area (TPSA) is 26.0 Å². The summed E-state index contributed by atoms with van der Waals surface area (Å²) in [5.41, 5.74) is 7.68. The van der Waals surface area contributed by atoms with E-state index in [9.17, 15) is 0 Å². The van der Waals surface area contributed by atoms with E-state index in [2.05, 4.69) is 61.5 Å². The summed E-state index contributed by atoms with van der Waals surface area (Å²) in [6.07, 6.45) is 2.15. The first kappa shape index (κ1) is 15.1. The molecule has 0 aliphatic carbocycles. The van der Waals surface area contributed by atoms with Crippen LogP contribution in [0.5, 0.6) is 0 Å². The molecule has 4 rings (SSSR count). The minimum absolute atomic E-state index is 0. The quantitative estimate of drug-likeness (QED) is 0.475. The van der Waals surface area contributed by atoms with Crippen molar-refractivity contribution >= 4 is 44.7 Å². The third kappa shape index (κ3) is 2.13. The average molecular weight is 310 g/mol. The van der Waals surface area contributed by atoms with Crippen molar-refractivity contribution in [2.24, 2.45) is 5.73 Å². The molecule has 0 saturated carbocycles. The van der Waals surface area contributed by atoms with Gasteiger partial charge in [-0.05, 0) is 44.3 Å². The van der Waals surface area contributed by atoms with E-state index in [1.165, 1.54) is 37.9 Å². The van der Waals surface area contributed by atoms with E-state index in [0.29, 0.717) is 0 Å². The van der Waals surface area contributed by atoms with Crippen molar-refractivity contribution in [2.75, 3.05) is 0 Å². The maximum absolute atomic E-state index is 6.40. The van der Waals surface area contributed by atoms with E-state index in [1.807, 2.05) is 0 Å². The van der Waals surface area contributed by atoms with E-state index in [0.717, 1.165) is 12.8 Å². The predicted molar refractivity (Wildman–Crippen MR) is 99.2 cm³/mol. The van der Waals surface area contributed by atoms with Crippen LogP contribution < -0.4 is 5.73 Å². The van der Waals surface area contributed by atoms with Crippen molar-refractivity contribution < 1.29 is 0 Å². The number of hydrogen-bond acceptors (Lipinski definition) is 1. The molecule has 0 amide bonds. The number of benzene rings is 4. The molecule has 0 bridgehead atoms. The Morgan fingerprint density at radius 3 is 2.09 bits per heavy atom. The molecule has 0 aliphatic heterocycles. The summed E-state index contributed by atoms with van der Waals surface area (Å²) < 4.78 is 0. The van der Waals surface area contributed by atoms with Crippen molar-refractivity contribution in [1.82, 2.24) is 0 Å². The van der Waals surface area contributed by atoms with Crippen molar-refractivity contribution in [1.29, 1.82) is 0 Å². The van der Waals surface area contributed by atoms with Gasteiger partial charge in [0.1, 0.15) is 0 Å². The van der Waals surface area contributed by atoms with Gasteiger partial charge in [0, 0.05) is 6.04 Å². The normalized spacial score (nSPS) is 12.8. The van der Waals surface area contributed by atoms with Gasteiger partial charge in [-0.15, -0.1) is 12.4 Å². The first-order valence-electron chi connectivity index (χ1n) is 7.71. The molecule has 1 atom stereocenters. The lowest BCUT2D eigenvalue weighted by Gasteiger charge is -2.17. The van der Waals surface area contributed by atoms with Gasteiger partial charge in [0.05, 0.1) is 0 Å². The van der Waals surface area contributed by atoms with E-state index < -0.39 is 0 Å². The molecule has 2 N–H and O–H groups in total. The minimum Gasteiger partial charge on any atom is -0.324 e. The molecule has 1 nitrogen and oxygen atoms in total. The number of hydrogen-bond donors (Lipinski definition) is 1. The van der Waals surface area contributed by atoms with Crippen molar-refractivity contribution in [3.63, 3.8) is 0 Å². The first-order valence-corrected chi connectivity index (χ1v) is 7.71. The fourth-order valence-corrected chi connectivity index (χ4v) is 3.55. The van der Waals surface area contributed by atoms with Gasteiger partial charge in [-0.2, -0.15) is 0 Å². The Bertz CT molecular complexity index is 913. The molecule has 0 heterocycles. The van der Waals surface area contributed by atoms with Crippen LogP contribution >= 0.6 is 12.4 Å². The zero-order valence-corrected chi connectivity index (χ0v) is 13.5. The van der Waals surface area contributed by atoms with Crippen molar-refractivity contribution in [3.8, 4) is 0 Å². The Morgan fingerprint density at radius 1 is 0.818 bits per heavy atom. The van der Waals surface area contributed by atoms with Crippen molar-refractivity contribution in [3.05, 3.63) is 60.2 Å². The summed E-state index contributed by atoms with van der Waals surface area (Å²) >= 11 is 0. The van der Waals surface area contributed by atoms with Crippen LogP contribution in [-0.2, 0) is 0 Å². The standard InChI is InChI=1S/C20H19N.ClH/c1-2-4-18(21)16-11-9-15-8-7-13-5-3-6-14-10-12-17(16)20(15)19(13)14;/h3,5-12,18H,2,4,21H2,1H3;1H/t18-;/m1./s1. The van der Waals surface area contributed by atoms with Gasteiger partial charge in [-0.25, -0.2) is 0 Å². The lowest BCUT2D eigenvalue weighted by atomic mass is 9.89. The summed E-state index contributed by atoms with van der Waals surface area (Å²) in [7, 11) is 0. The van der Waals surface area contributed by atoms with E-state index in [-0.39, 0.29) is 18.4 Å². The number of rotatable bonds is 3. The Morgan fingerprint density at radius 2 is 1.41 bits per heavy atom. The second-order valence-corrected chi connectivity index (χ2v) is 5.91. The van der Waals surface area contributed by atoms with Gasteiger partial charge in [-0.3, -0.25) is 0 Å². The summed E-state index contributed by atoms with van der Waals surface area (Å²) in [6, 6.07) is 20.0. The van der Waals surface area contributed by atoms with Gasteiger partial charge >= 0.3 is 0 Å². The SMILES string of the molecule is CCC[C@@H](N)c1ccc2ccc3cccc4ccc1c2c34.Cl. The molecular formula is C20H20ClN. The Hall–Kier alpha value is -1.83. The molecule has 0 unspecified atom stereocenters. The molecule has 0 aliphatic rings. The minimum atomic E-state index is 0. The summed E-state index contributed by atoms with van der Waals surface area (Å²) in [6.45, 7) is 2.19. The molecule has 0 aromatic heterocycles. The maximum atomic E-state index is 6.40. The number of halogens is 1. The third-order valence-electron chi connectivity index (χ3n) is 4.56. The molecule has 2 heteroatoms. The molecule has 0 fully saturated rings. The van der Waals surface area contributed by atoms with Crippen LogP contribution in [0.3, 0.4) is 0 Å². The monoisotopic (exact) mass is 309 g/mol. The Balaban J connectivity index is 0.00000144. The molecule has 0 spiro atoms. The number of nitrogens with two attached hydrogens (primary N) is 1. The average Bonchev–Trinajstić information content (AvgIpc) is 2.52. The maximum Gasteiger partial charge on any atom is 0.0300 e. The van der Waals surface area contributed by atoms with E-state index in [1.54, 1.807) is 0 Å². The fraction of sp³-hybridized carbons (Fsp3) is 0.200. The third-order valence-corrected chi connectivity index (χ3v) is 4.56. The van der Waals surface area contributed by atoms with Crippen LogP contribution in [0.1, 0.15) is 31.4 Å². The highest BCUT2D eigenvalue weighted by Gasteiger charge is 2.13. The van der Waals surface area contributed by atoms with Crippen molar-refractivity contribution in [2.45, 2.75) is 25.8 Å². The van der Waals surface area contributed by atoms with Crippen LogP contribution in [0.15, 0.2) is 54.6 Å². The highest BCUT2D eigenvalue weighted by molar-refractivity contribution is 6.23. The smallest absolute Gasteiger partial charge is 0.0300 e. The molecule has 4 aromatic rings. The van der Waals surface area contributed by atoms with Gasteiger partial charge in [0.15, 0.2) is 0 Å². The molecule has 0 saturated heterocycles. The predicted octanol–water partition coefficient (Wildman–Crippen LogP) is 5.81. The van der Waals surface area contributed by atoms with Gasteiger partial charge in [0.25, 0.3) is 0 Å². The van der Waals surface area contributed by atoms with E-state index >= 15 is 0 Å². The summed E-state index contributed by atoms with van der Waals surface area (Å²) in [5, 5.41) is 7.99. The zero-order chi connectivity index (χ0) is 14.4. The Kier molecular flexibility index (Phi) is 3.94. The van der Waals surface area contributed by atoms with Crippen LogP contribution in [0.4, 0.5) is 0 Å². The lowest BCUT2D eigenvalue weighted by Crippen LogP contribution is -2.10. The first-order chi connectivity index (χ1) is 10.3. The molecular weight excluding hydrogens is 290 g/mol. The summed E-state index contributed by atoms with van der Waals surface area (Å²) in [4.78, 5) is 0.